The molecule has 22 heteroatoms. The second-order valence-corrected chi connectivity index (χ2v) is 25.6. The van der Waals surface area contributed by atoms with Crippen molar-refractivity contribution in [1.82, 2.24) is 29.6 Å². The lowest BCUT2D eigenvalue weighted by atomic mass is 9.90. The first-order chi connectivity index (χ1) is 43.8. The number of carboxylic acids is 1. The fraction of sp³-hybridized carbons (Fsp3) is 0.472. The molecule has 0 spiro atoms. The fourth-order valence-electron chi connectivity index (χ4n) is 11.6. The van der Waals surface area contributed by atoms with Gasteiger partial charge in [-0.2, -0.15) is 26.3 Å². The van der Waals surface area contributed by atoms with Gasteiger partial charge in [-0.05, 0) is 218 Å². The maximum absolute atomic E-state index is 16.0. The molecule has 512 valence electrons. The molecule has 4 aromatic carbocycles. The molecule has 6 aromatic rings. The quantitative estimate of drug-likeness (QED) is 0.0333. The van der Waals surface area contributed by atoms with Gasteiger partial charge in [0.15, 0.2) is 0 Å². The van der Waals surface area contributed by atoms with Crippen LogP contribution in [-0.4, -0.2) is 95.7 Å². The first kappa shape index (κ1) is 76.7. The summed E-state index contributed by atoms with van der Waals surface area (Å²) in [6, 6.07) is 14.0. The van der Waals surface area contributed by atoms with Crippen molar-refractivity contribution in [1.29, 1.82) is 0 Å². The van der Waals surface area contributed by atoms with Gasteiger partial charge in [0.05, 0.1) is 42.7 Å². The number of ether oxygens (including phenoxy) is 1. The molecule has 0 bridgehead atoms. The zero-order valence-electron chi connectivity index (χ0n) is 56.4. The maximum atomic E-state index is 16.0. The largest absolute Gasteiger partial charge is 0.481 e. The molecule has 2 unspecified atom stereocenters. The molecule has 0 fully saturated rings. The van der Waals surface area contributed by atoms with Gasteiger partial charge in [0.25, 0.3) is 11.1 Å². The van der Waals surface area contributed by atoms with Gasteiger partial charge in [0.1, 0.15) is 23.7 Å². The summed E-state index contributed by atoms with van der Waals surface area (Å²) in [6.45, 7) is 20.7. The van der Waals surface area contributed by atoms with Crippen LogP contribution < -0.4 is 21.8 Å². The molecule has 0 saturated carbocycles. The number of carbonyl (C=O) groups is 4. The summed E-state index contributed by atoms with van der Waals surface area (Å²) in [5.41, 5.74) is 3.04. The summed E-state index contributed by atoms with van der Waals surface area (Å²) >= 11 is 0. The molecule has 2 amide bonds. The molecule has 0 aliphatic rings. The first-order valence-corrected chi connectivity index (χ1v) is 31.5. The number of aromatic nitrogens is 2. The van der Waals surface area contributed by atoms with Gasteiger partial charge in [-0.3, -0.25) is 28.8 Å². The number of halogens is 8. The molecule has 3 N–H and O–H groups in total. The van der Waals surface area contributed by atoms with E-state index < -0.39 is 107 Å². The van der Waals surface area contributed by atoms with Crippen LogP contribution in [0.1, 0.15) is 164 Å². The minimum Gasteiger partial charge on any atom is -0.481 e. The Balaban J connectivity index is 0.000000341. The normalized spacial score (nSPS) is 13.2. The topological polar surface area (TPSA) is 172 Å². The molecule has 0 aliphatic heterocycles. The van der Waals surface area contributed by atoms with E-state index in [1.165, 1.54) is 6.07 Å². The number of nitrogens with one attached hydrogen (secondary N) is 2. The van der Waals surface area contributed by atoms with Crippen LogP contribution in [0.3, 0.4) is 0 Å². The van der Waals surface area contributed by atoms with E-state index in [0.717, 1.165) is 54.9 Å². The lowest BCUT2D eigenvalue weighted by molar-refractivity contribution is -0.144. The molecule has 94 heavy (non-hydrogen) atoms. The van der Waals surface area contributed by atoms with Crippen LogP contribution >= 0.6 is 0 Å². The van der Waals surface area contributed by atoms with Gasteiger partial charge >= 0.3 is 24.3 Å². The molecule has 6 rings (SSSR count). The van der Waals surface area contributed by atoms with Crippen LogP contribution in [-0.2, 0) is 49.1 Å². The van der Waals surface area contributed by atoms with Gasteiger partial charge in [-0.25, -0.2) is 8.78 Å². The molecule has 0 radical (unpaired) electrons. The number of hydrogen-bond donors (Lipinski definition) is 3. The second kappa shape index (κ2) is 33.4. The number of aliphatic carboxylic acids is 1. The van der Waals surface area contributed by atoms with Crippen molar-refractivity contribution in [2.24, 2.45) is 11.8 Å². The van der Waals surface area contributed by atoms with Gasteiger partial charge in [0, 0.05) is 48.7 Å². The number of carboxylic acid groups (broad SMARTS) is 1. The van der Waals surface area contributed by atoms with Crippen molar-refractivity contribution < 1.29 is 64.1 Å². The Labute approximate surface area is 545 Å². The molecule has 4 atom stereocenters. The summed E-state index contributed by atoms with van der Waals surface area (Å²) in [5.74, 6) is -4.60. The summed E-state index contributed by atoms with van der Waals surface area (Å²) in [5, 5.41) is 15.2. The highest BCUT2D eigenvalue weighted by Crippen LogP contribution is 2.38. The molecule has 0 aliphatic carbocycles. The van der Waals surface area contributed by atoms with Crippen LogP contribution in [0.15, 0.2) is 94.8 Å². The molecule has 2 heterocycles. The van der Waals surface area contributed by atoms with Crippen LogP contribution in [0.4, 0.5) is 35.1 Å². The van der Waals surface area contributed by atoms with Crippen molar-refractivity contribution in [3.63, 3.8) is 0 Å². The highest BCUT2D eigenvalue weighted by atomic mass is 19.4. The predicted octanol–water partition coefficient (Wildman–Crippen LogP) is 14.5. The minimum atomic E-state index is -4.78. The Morgan fingerprint density at radius 1 is 0.543 bits per heavy atom. The molecule has 14 nitrogen and oxygen atoms in total. The fourth-order valence-corrected chi connectivity index (χ4v) is 11.6. The van der Waals surface area contributed by atoms with E-state index in [9.17, 15) is 60.2 Å². The van der Waals surface area contributed by atoms with Gasteiger partial charge < -0.3 is 39.4 Å². The number of alkyl halides is 6. The summed E-state index contributed by atoms with van der Waals surface area (Å²) < 4.78 is 123. The van der Waals surface area contributed by atoms with Crippen molar-refractivity contribution in [2.75, 3.05) is 47.9 Å². The number of rotatable bonds is 27. The van der Waals surface area contributed by atoms with E-state index in [2.05, 4.69) is 10.6 Å². The monoisotopic (exact) mass is 1320 g/mol. The first-order valence-electron chi connectivity index (χ1n) is 31.5. The summed E-state index contributed by atoms with van der Waals surface area (Å²) in [6.07, 6.45) is -7.33. The van der Waals surface area contributed by atoms with Crippen molar-refractivity contribution in [2.45, 2.75) is 164 Å². The van der Waals surface area contributed by atoms with E-state index >= 15 is 8.78 Å². The maximum Gasteiger partial charge on any atom is 0.416 e. The summed E-state index contributed by atoms with van der Waals surface area (Å²) in [4.78, 5) is 82.9. The number of carbonyl (C=O) groups excluding carboxylic acids is 3. The average Bonchev–Trinajstić information content (AvgIpc) is 0.812. The van der Waals surface area contributed by atoms with Gasteiger partial charge in [-0.1, -0.05) is 64.1 Å². The SMILES string of the molecule is CCOC(=O)C[C@H](NC(=O)C(CCC(C)C)n1cc(CCN(C)C)c(C(F)(F)F)cc1=O)c1cc(-c2c(C)cccc2C)cc(C)c1F.Cc1cc(-c2c(C)cccc2C)cc([C@H](CC(=O)O)NC(=O)C(CCC(C)C)n2cc(CCN(C)C)c(C(F)(F)F)cc2=O)c1F. The third kappa shape index (κ3) is 20.8. The lowest BCUT2D eigenvalue weighted by Crippen LogP contribution is -2.40. The van der Waals surface area contributed by atoms with E-state index in [1.54, 1.807) is 77.0 Å². The number of benzene rings is 4. The standard InChI is InChI=1S/C37H47F4N3O4.C35H43F4N3O4/c1-9-48-33(46)20-30(28-18-27(17-25(6)35(28)38)34-23(4)11-10-12-24(34)5)42-36(47)31(14-13-22(2)3)44-21-26(15-16-43(7)8)29(19-32(44)45)37(39,40)41;1-20(2)11-12-29(42-19-24(13-14-41(6)7)27(17-30(42)43)35(37,38)39)34(46)40-28(18-31(44)45)26-16-25(15-23(5)33(26)36)32-21(3)9-8-10-22(32)4/h10-12,17-19,21-22,30-31H,9,13-16,20H2,1-8H3,(H,42,47);8-10,15-17,19-20,28-29H,11-14,18H2,1-7H3,(H,40,46)(H,44,45)/t30-,31?;28-,29?/m00/s1. The zero-order valence-corrected chi connectivity index (χ0v) is 56.4. The molecule has 0 saturated heterocycles. The number of pyridine rings is 2. The van der Waals surface area contributed by atoms with Gasteiger partial charge in [-0.15, -0.1) is 0 Å². The van der Waals surface area contributed by atoms with Crippen LogP contribution in [0.2, 0.25) is 0 Å². The highest BCUT2D eigenvalue weighted by molar-refractivity contribution is 5.83. The van der Waals surface area contributed by atoms with E-state index in [1.807, 2.05) is 91.8 Å². The summed E-state index contributed by atoms with van der Waals surface area (Å²) in [7, 11) is 6.87. The minimum absolute atomic E-state index is 0.0122. The number of hydrogen-bond acceptors (Lipinski definition) is 9. The van der Waals surface area contributed by atoms with Crippen molar-refractivity contribution in [3.05, 3.63) is 184 Å². The smallest absolute Gasteiger partial charge is 0.416 e. The number of likely N-dealkylation sites (N-methyl/N-ethyl adjacent to an activating group) is 2. The van der Waals surface area contributed by atoms with Crippen LogP contribution in [0, 0.1) is 65.0 Å². The third-order valence-electron chi connectivity index (χ3n) is 16.4. The molecular formula is C72H90F8N6O8. The van der Waals surface area contributed by atoms with Crippen LogP contribution in [0.5, 0.6) is 0 Å². The van der Waals surface area contributed by atoms with Gasteiger partial charge in [0.2, 0.25) is 11.8 Å². The van der Waals surface area contributed by atoms with Crippen LogP contribution in [0.25, 0.3) is 22.3 Å². The lowest BCUT2D eigenvalue weighted by Gasteiger charge is -2.27. The Morgan fingerprint density at radius 3 is 1.20 bits per heavy atom. The predicted molar refractivity (Wildman–Crippen MR) is 350 cm³/mol. The zero-order chi connectivity index (χ0) is 70.4. The molecular weight excluding hydrogens is 1230 g/mol. The Bertz CT molecular complexity index is 3740. The number of amides is 2. The number of aryl methyl sites for hydroxylation is 6. The second-order valence-electron chi connectivity index (χ2n) is 25.6. The van der Waals surface area contributed by atoms with E-state index in [-0.39, 0.29) is 85.0 Å². The average molecular weight is 1320 g/mol. The third-order valence-corrected chi connectivity index (χ3v) is 16.4. The number of nitrogens with zero attached hydrogens (tertiary/aromatic N) is 4. The highest BCUT2D eigenvalue weighted by Gasteiger charge is 2.38. The number of esters is 1. The molecule has 2 aromatic heterocycles. The Kier molecular flexibility index (Phi) is 27.3. The Hall–Kier alpha value is -7.98. The van der Waals surface area contributed by atoms with E-state index in [4.69, 9.17) is 4.74 Å². The van der Waals surface area contributed by atoms with Crippen molar-refractivity contribution in [3.8, 4) is 22.3 Å². The van der Waals surface area contributed by atoms with Crippen molar-refractivity contribution >= 4 is 23.8 Å². The van der Waals surface area contributed by atoms with E-state index in [0.29, 0.717) is 41.7 Å². The Morgan fingerprint density at radius 2 is 0.894 bits per heavy atom.